The van der Waals surface area contributed by atoms with Gasteiger partial charge in [-0.3, -0.25) is 14.2 Å². The van der Waals surface area contributed by atoms with Gasteiger partial charge in [0.2, 0.25) is 5.91 Å². The van der Waals surface area contributed by atoms with Gasteiger partial charge in [-0.1, -0.05) is 0 Å². The average Bonchev–Trinajstić information content (AvgIpc) is 3.00. The molecule has 2 aromatic rings. The second-order valence-electron chi connectivity index (χ2n) is 5.58. The van der Waals surface area contributed by atoms with E-state index in [1.165, 1.54) is 0 Å². The van der Waals surface area contributed by atoms with Crippen LogP contribution >= 0.6 is 31.9 Å². The Morgan fingerprint density at radius 2 is 2.00 bits per heavy atom. The van der Waals surface area contributed by atoms with E-state index in [0.717, 1.165) is 32.6 Å². The molecule has 2 heterocycles. The van der Waals surface area contributed by atoms with E-state index in [9.17, 15) is 4.79 Å². The number of hydrogen-bond donors (Lipinski definition) is 0. The molecule has 126 valence electrons. The third-order valence-corrected chi connectivity index (χ3v) is 5.65. The number of aromatic nitrogens is 4. The third kappa shape index (κ3) is 3.68. The molecule has 0 spiro atoms. The molecule has 23 heavy (non-hydrogen) atoms. The fourth-order valence-corrected chi connectivity index (χ4v) is 3.15. The van der Waals surface area contributed by atoms with Gasteiger partial charge in [0.25, 0.3) is 0 Å². The van der Waals surface area contributed by atoms with Crippen molar-refractivity contribution < 1.29 is 4.79 Å². The minimum absolute atomic E-state index is 0.000971. The second kappa shape index (κ2) is 7.17. The minimum atomic E-state index is -0.364. The smallest absolute Gasteiger partial charge is 0.247 e. The number of carbonyl (C=O) groups excluding carboxylic acids is 1. The van der Waals surface area contributed by atoms with E-state index in [1.54, 1.807) is 16.6 Å². The molecule has 0 aliphatic carbocycles. The zero-order valence-corrected chi connectivity index (χ0v) is 17.1. The fourth-order valence-electron chi connectivity index (χ4n) is 2.45. The van der Waals surface area contributed by atoms with Crippen molar-refractivity contribution in [1.29, 1.82) is 0 Å². The summed E-state index contributed by atoms with van der Waals surface area (Å²) in [4.78, 5) is 14.4. The number of rotatable bonds is 5. The minimum Gasteiger partial charge on any atom is -0.338 e. The summed E-state index contributed by atoms with van der Waals surface area (Å²) < 4.78 is 5.47. The lowest BCUT2D eigenvalue weighted by Gasteiger charge is -2.22. The number of carbonyl (C=O) groups is 1. The van der Waals surface area contributed by atoms with Gasteiger partial charge in [-0.05, 0) is 59.6 Å². The molecule has 0 N–H and O–H groups in total. The molecule has 1 unspecified atom stereocenters. The van der Waals surface area contributed by atoms with Crippen molar-refractivity contribution in [3.05, 3.63) is 32.2 Å². The van der Waals surface area contributed by atoms with Crippen molar-refractivity contribution in [2.45, 2.75) is 46.8 Å². The van der Waals surface area contributed by atoms with Gasteiger partial charge in [-0.2, -0.15) is 10.2 Å². The maximum atomic E-state index is 12.7. The van der Waals surface area contributed by atoms with Crippen LogP contribution in [0.1, 0.15) is 37.0 Å². The number of nitrogens with zero attached hydrogens (tertiary/aromatic N) is 5. The first-order valence-corrected chi connectivity index (χ1v) is 9.02. The quantitative estimate of drug-likeness (QED) is 0.706. The van der Waals surface area contributed by atoms with E-state index in [4.69, 9.17) is 0 Å². The van der Waals surface area contributed by atoms with Crippen molar-refractivity contribution in [2.24, 2.45) is 0 Å². The van der Waals surface area contributed by atoms with Gasteiger partial charge in [0.1, 0.15) is 6.04 Å². The maximum Gasteiger partial charge on any atom is 0.247 e. The first-order chi connectivity index (χ1) is 10.8. The summed E-state index contributed by atoms with van der Waals surface area (Å²) in [5.41, 5.74) is 2.69. The Kier molecular flexibility index (Phi) is 5.67. The molecule has 0 saturated carbocycles. The first-order valence-electron chi connectivity index (χ1n) is 7.44. The summed E-state index contributed by atoms with van der Waals surface area (Å²) in [5.74, 6) is 0.000971. The van der Waals surface area contributed by atoms with Crippen LogP contribution in [0.5, 0.6) is 0 Å². The molecule has 0 aromatic carbocycles. The van der Waals surface area contributed by atoms with E-state index in [0.29, 0.717) is 6.54 Å². The molecule has 6 nitrogen and oxygen atoms in total. The largest absolute Gasteiger partial charge is 0.338 e. The second-order valence-corrected chi connectivity index (χ2v) is 7.23. The molecule has 8 heteroatoms. The Morgan fingerprint density at radius 1 is 1.35 bits per heavy atom. The van der Waals surface area contributed by atoms with Crippen molar-refractivity contribution >= 4 is 37.8 Å². The normalized spacial score (nSPS) is 12.5. The molecule has 1 atom stereocenters. The molecule has 1 amide bonds. The van der Waals surface area contributed by atoms with Gasteiger partial charge in [-0.25, -0.2) is 0 Å². The van der Waals surface area contributed by atoms with E-state index in [1.807, 2.05) is 38.6 Å². The molecular formula is C15H21Br2N5O. The number of amides is 1. The first kappa shape index (κ1) is 18.2. The fraction of sp³-hybridized carbons (Fsp3) is 0.533. The lowest BCUT2D eigenvalue weighted by Crippen LogP contribution is -2.33. The highest BCUT2D eigenvalue weighted by atomic mass is 79.9. The number of halogens is 2. The zero-order chi connectivity index (χ0) is 17.3. The molecule has 0 aliphatic rings. The molecule has 0 aliphatic heterocycles. The van der Waals surface area contributed by atoms with Crippen LogP contribution in [0.15, 0.2) is 15.1 Å². The molecule has 0 bridgehead atoms. The highest BCUT2D eigenvalue weighted by Gasteiger charge is 2.24. The van der Waals surface area contributed by atoms with E-state index in [-0.39, 0.29) is 11.9 Å². The van der Waals surface area contributed by atoms with Crippen molar-refractivity contribution in [3.8, 4) is 0 Å². The molecule has 0 radical (unpaired) electrons. The highest BCUT2D eigenvalue weighted by Crippen LogP contribution is 2.24. The van der Waals surface area contributed by atoms with Crippen LogP contribution < -0.4 is 0 Å². The molecule has 2 aromatic heterocycles. The van der Waals surface area contributed by atoms with Gasteiger partial charge in [0, 0.05) is 19.8 Å². The number of hydrogen-bond acceptors (Lipinski definition) is 3. The molecule has 0 saturated heterocycles. The van der Waals surface area contributed by atoms with Gasteiger partial charge < -0.3 is 4.90 Å². The van der Waals surface area contributed by atoms with E-state index in [2.05, 4.69) is 42.1 Å². The molecule has 2 rings (SSSR count). The van der Waals surface area contributed by atoms with Crippen LogP contribution in [-0.2, 0) is 17.9 Å². The van der Waals surface area contributed by atoms with Crippen molar-refractivity contribution in [3.63, 3.8) is 0 Å². The zero-order valence-electron chi connectivity index (χ0n) is 14.0. The Balaban J connectivity index is 2.15. The molecular weight excluding hydrogens is 426 g/mol. The topological polar surface area (TPSA) is 56.0 Å². The van der Waals surface area contributed by atoms with Gasteiger partial charge in [0.05, 0.1) is 32.6 Å². The van der Waals surface area contributed by atoms with Gasteiger partial charge in [-0.15, -0.1) is 0 Å². The lowest BCUT2D eigenvalue weighted by atomic mass is 10.2. The Morgan fingerprint density at radius 3 is 2.48 bits per heavy atom. The van der Waals surface area contributed by atoms with Gasteiger partial charge in [0.15, 0.2) is 0 Å². The Bertz CT molecular complexity index is 722. The summed E-state index contributed by atoms with van der Waals surface area (Å²) in [6, 6.07) is -0.364. The predicted octanol–water partition coefficient (Wildman–Crippen LogP) is 3.46. The SMILES string of the molecule is CCn1cc(Br)c(CN(C)C(=O)C(C)n2nc(C)c(Br)c2C)n1. The summed E-state index contributed by atoms with van der Waals surface area (Å²) in [6.45, 7) is 9.02. The van der Waals surface area contributed by atoms with Crippen LogP contribution in [0, 0.1) is 13.8 Å². The maximum absolute atomic E-state index is 12.7. The number of likely N-dealkylation sites (N-methyl/N-ethyl adjacent to an activating group) is 1. The average molecular weight is 447 g/mol. The summed E-state index contributed by atoms with van der Waals surface area (Å²) in [7, 11) is 1.79. The van der Waals surface area contributed by atoms with Crippen LogP contribution in [-0.4, -0.2) is 37.4 Å². The van der Waals surface area contributed by atoms with Crippen LogP contribution in [0.25, 0.3) is 0 Å². The van der Waals surface area contributed by atoms with Crippen LogP contribution in [0.3, 0.4) is 0 Å². The monoisotopic (exact) mass is 445 g/mol. The highest BCUT2D eigenvalue weighted by molar-refractivity contribution is 9.10. The number of aryl methyl sites for hydroxylation is 2. The lowest BCUT2D eigenvalue weighted by molar-refractivity contribution is -0.133. The van der Waals surface area contributed by atoms with Gasteiger partial charge >= 0.3 is 0 Å². The Labute approximate surface area is 153 Å². The summed E-state index contributed by atoms with van der Waals surface area (Å²) in [5, 5.41) is 8.91. The standard InChI is InChI=1S/C15H21Br2N5O/c1-6-21-7-12(16)13(19-21)8-20(5)15(23)11(4)22-10(3)14(17)9(2)18-22/h7,11H,6,8H2,1-5H3. The van der Waals surface area contributed by atoms with Crippen molar-refractivity contribution in [2.75, 3.05) is 7.05 Å². The van der Waals surface area contributed by atoms with Crippen LogP contribution in [0.2, 0.25) is 0 Å². The van der Waals surface area contributed by atoms with E-state index >= 15 is 0 Å². The van der Waals surface area contributed by atoms with Crippen LogP contribution in [0.4, 0.5) is 0 Å². The van der Waals surface area contributed by atoms with Crippen molar-refractivity contribution in [1.82, 2.24) is 24.5 Å². The third-order valence-electron chi connectivity index (χ3n) is 3.84. The summed E-state index contributed by atoms with van der Waals surface area (Å²) >= 11 is 7.00. The van der Waals surface area contributed by atoms with E-state index < -0.39 is 0 Å². The molecule has 0 fully saturated rings. The Hall–Kier alpha value is -1.15. The summed E-state index contributed by atoms with van der Waals surface area (Å²) in [6.07, 6.45) is 1.93. The predicted molar refractivity (Wildman–Crippen MR) is 96.2 cm³/mol.